The third kappa shape index (κ3) is 4.87. The number of rotatable bonds is 6. The maximum Gasteiger partial charge on any atom is 0.256 e. The number of thioether (sulfide) groups is 1. The molecule has 4 rings (SSSR count). The average molecular weight is 459 g/mol. The first-order valence-electron chi connectivity index (χ1n) is 10.4. The molecule has 1 amide bonds. The SMILES string of the molecule is CCc1cccc(-c2cc(SC)ccc2C(=O)Nc2ccc(Cl)c(-c3ccccn3)c2)c1. The van der Waals surface area contributed by atoms with Gasteiger partial charge in [-0.25, -0.2) is 0 Å². The van der Waals surface area contributed by atoms with Crippen molar-refractivity contribution in [3.05, 3.63) is 101 Å². The molecule has 0 unspecified atom stereocenters. The number of aromatic nitrogens is 1. The van der Waals surface area contributed by atoms with Gasteiger partial charge in [0.15, 0.2) is 0 Å². The predicted molar refractivity (Wildman–Crippen MR) is 136 cm³/mol. The highest BCUT2D eigenvalue weighted by molar-refractivity contribution is 7.98. The molecule has 0 atom stereocenters. The Bertz CT molecular complexity index is 1260. The van der Waals surface area contributed by atoms with Crippen LogP contribution >= 0.6 is 23.4 Å². The molecule has 3 nitrogen and oxygen atoms in total. The van der Waals surface area contributed by atoms with Crippen molar-refractivity contribution in [1.82, 2.24) is 4.98 Å². The second-order valence-electron chi connectivity index (χ2n) is 7.33. The van der Waals surface area contributed by atoms with Gasteiger partial charge in [0, 0.05) is 27.9 Å². The molecule has 160 valence electrons. The number of pyridine rings is 1. The number of nitrogens with zero attached hydrogens (tertiary/aromatic N) is 1. The lowest BCUT2D eigenvalue weighted by atomic mass is 9.97. The van der Waals surface area contributed by atoms with Crippen molar-refractivity contribution in [3.63, 3.8) is 0 Å². The van der Waals surface area contributed by atoms with Crippen molar-refractivity contribution in [2.75, 3.05) is 11.6 Å². The molecule has 1 N–H and O–H groups in total. The molecule has 4 aromatic rings. The van der Waals surface area contributed by atoms with Gasteiger partial charge < -0.3 is 5.32 Å². The Balaban J connectivity index is 1.70. The van der Waals surface area contributed by atoms with E-state index in [4.69, 9.17) is 11.6 Å². The maximum absolute atomic E-state index is 13.3. The van der Waals surface area contributed by atoms with Gasteiger partial charge in [0.2, 0.25) is 0 Å². The van der Waals surface area contributed by atoms with Crippen LogP contribution in [0.3, 0.4) is 0 Å². The quantitative estimate of drug-likeness (QED) is 0.302. The second kappa shape index (κ2) is 10.0. The number of carbonyl (C=O) groups excluding carboxylic acids is 1. The van der Waals surface area contributed by atoms with Gasteiger partial charge in [-0.2, -0.15) is 0 Å². The van der Waals surface area contributed by atoms with E-state index in [2.05, 4.69) is 41.5 Å². The van der Waals surface area contributed by atoms with Crippen LogP contribution in [0.15, 0.2) is 90.0 Å². The van der Waals surface area contributed by atoms with E-state index in [1.807, 2.05) is 48.7 Å². The van der Waals surface area contributed by atoms with Gasteiger partial charge in [0.25, 0.3) is 5.91 Å². The molecule has 1 heterocycles. The summed E-state index contributed by atoms with van der Waals surface area (Å²) in [5, 5.41) is 3.63. The summed E-state index contributed by atoms with van der Waals surface area (Å²) < 4.78 is 0. The fourth-order valence-corrected chi connectivity index (χ4v) is 4.22. The van der Waals surface area contributed by atoms with Crippen LogP contribution in [0.5, 0.6) is 0 Å². The van der Waals surface area contributed by atoms with Crippen LogP contribution in [-0.4, -0.2) is 17.1 Å². The number of hydrogen-bond donors (Lipinski definition) is 1. The summed E-state index contributed by atoms with van der Waals surface area (Å²) in [5.41, 5.74) is 6.03. The monoisotopic (exact) mass is 458 g/mol. The summed E-state index contributed by atoms with van der Waals surface area (Å²) in [6.45, 7) is 2.13. The lowest BCUT2D eigenvalue weighted by Crippen LogP contribution is -2.13. The molecule has 0 aliphatic carbocycles. The number of amides is 1. The minimum Gasteiger partial charge on any atom is -0.322 e. The number of aryl methyl sites for hydroxylation is 1. The summed E-state index contributed by atoms with van der Waals surface area (Å²) in [6.07, 6.45) is 4.70. The average Bonchev–Trinajstić information content (AvgIpc) is 2.85. The third-order valence-electron chi connectivity index (χ3n) is 5.28. The Morgan fingerprint density at radius 3 is 2.59 bits per heavy atom. The van der Waals surface area contributed by atoms with Gasteiger partial charge in [-0.1, -0.05) is 48.9 Å². The zero-order valence-electron chi connectivity index (χ0n) is 17.9. The summed E-state index contributed by atoms with van der Waals surface area (Å²) in [4.78, 5) is 18.8. The van der Waals surface area contributed by atoms with Crippen molar-refractivity contribution in [2.24, 2.45) is 0 Å². The Kier molecular flexibility index (Phi) is 6.93. The molecule has 3 aromatic carbocycles. The van der Waals surface area contributed by atoms with Gasteiger partial charge in [-0.3, -0.25) is 9.78 Å². The van der Waals surface area contributed by atoms with Crippen LogP contribution in [-0.2, 0) is 6.42 Å². The van der Waals surface area contributed by atoms with Crippen LogP contribution in [0.2, 0.25) is 5.02 Å². The normalized spacial score (nSPS) is 10.7. The molecule has 0 saturated carbocycles. The first-order valence-corrected chi connectivity index (χ1v) is 12.0. The highest BCUT2D eigenvalue weighted by Crippen LogP contribution is 2.32. The molecule has 0 aliphatic heterocycles. The molecule has 32 heavy (non-hydrogen) atoms. The molecule has 0 bridgehead atoms. The number of nitrogens with one attached hydrogen (secondary N) is 1. The number of halogens is 1. The zero-order chi connectivity index (χ0) is 22.5. The molecule has 0 spiro atoms. The predicted octanol–water partition coefficient (Wildman–Crippen LogP) is 7.61. The lowest BCUT2D eigenvalue weighted by Gasteiger charge is -2.14. The van der Waals surface area contributed by atoms with Gasteiger partial charge in [-0.05, 0) is 77.9 Å². The first kappa shape index (κ1) is 22.1. The molecule has 5 heteroatoms. The van der Waals surface area contributed by atoms with E-state index >= 15 is 0 Å². The van der Waals surface area contributed by atoms with Gasteiger partial charge >= 0.3 is 0 Å². The number of hydrogen-bond acceptors (Lipinski definition) is 3. The van der Waals surface area contributed by atoms with E-state index in [9.17, 15) is 4.79 Å². The van der Waals surface area contributed by atoms with Crippen LogP contribution < -0.4 is 5.32 Å². The van der Waals surface area contributed by atoms with E-state index in [1.54, 1.807) is 30.1 Å². The Hall–Kier alpha value is -3.08. The highest BCUT2D eigenvalue weighted by atomic mass is 35.5. The van der Waals surface area contributed by atoms with Crippen molar-refractivity contribution >= 4 is 35.0 Å². The topological polar surface area (TPSA) is 42.0 Å². The van der Waals surface area contributed by atoms with E-state index in [0.717, 1.165) is 33.7 Å². The van der Waals surface area contributed by atoms with Crippen LogP contribution in [0.4, 0.5) is 5.69 Å². The van der Waals surface area contributed by atoms with Crippen LogP contribution in [0.25, 0.3) is 22.4 Å². The molecular weight excluding hydrogens is 436 g/mol. The molecular formula is C27H23ClN2OS. The molecule has 0 saturated heterocycles. The fraction of sp³-hybridized carbons (Fsp3) is 0.111. The fourth-order valence-electron chi connectivity index (χ4n) is 3.57. The number of benzene rings is 3. The van der Waals surface area contributed by atoms with Gasteiger partial charge in [0.05, 0.1) is 10.7 Å². The van der Waals surface area contributed by atoms with Crippen molar-refractivity contribution in [1.29, 1.82) is 0 Å². The minimum absolute atomic E-state index is 0.163. The Morgan fingerprint density at radius 2 is 1.84 bits per heavy atom. The lowest BCUT2D eigenvalue weighted by molar-refractivity contribution is 0.102. The van der Waals surface area contributed by atoms with Gasteiger partial charge in [0.1, 0.15) is 0 Å². The van der Waals surface area contributed by atoms with Crippen molar-refractivity contribution in [2.45, 2.75) is 18.2 Å². The van der Waals surface area contributed by atoms with E-state index in [0.29, 0.717) is 16.3 Å². The molecule has 0 aliphatic rings. The minimum atomic E-state index is -0.163. The Morgan fingerprint density at radius 1 is 0.969 bits per heavy atom. The third-order valence-corrected chi connectivity index (χ3v) is 6.34. The highest BCUT2D eigenvalue weighted by Gasteiger charge is 2.15. The Labute approximate surface area is 197 Å². The van der Waals surface area contributed by atoms with Crippen molar-refractivity contribution < 1.29 is 4.79 Å². The van der Waals surface area contributed by atoms with Crippen LogP contribution in [0.1, 0.15) is 22.8 Å². The van der Waals surface area contributed by atoms with E-state index in [-0.39, 0.29) is 5.91 Å². The largest absolute Gasteiger partial charge is 0.322 e. The summed E-state index contributed by atoms with van der Waals surface area (Å²) >= 11 is 8.06. The summed E-state index contributed by atoms with van der Waals surface area (Å²) in [5.74, 6) is -0.163. The van der Waals surface area contributed by atoms with E-state index < -0.39 is 0 Å². The van der Waals surface area contributed by atoms with Crippen LogP contribution in [0, 0.1) is 0 Å². The summed E-state index contributed by atoms with van der Waals surface area (Å²) in [6, 6.07) is 25.4. The smallest absolute Gasteiger partial charge is 0.256 e. The summed E-state index contributed by atoms with van der Waals surface area (Å²) in [7, 11) is 0. The molecule has 0 fully saturated rings. The first-order chi connectivity index (χ1) is 15.6. The number of carbonyl (C=O) groups is 1. The van der Waals surface area contributed by atoms with Gasteiger partial charge in [-0.15, -0.1) is 11.8 Å². The zero-order valence-corrected chi connectivity index (χ0v) is 19.5. The second-order valence-corrected chi connectivity index (χ2v) is 8.62. The standard InChI is InChI=1S/C27H23ClN2OS/c1-3-18-7-6-8-19(15-18)23-17-21(32-2)11-12-22(23)27(31)30-20-10-13-25(28)24(16-20)26-9-4-5-14-29-26/h4-17H,3H2,1-2H3,(H,30,31). The van der Waals surface area contributed by atoms with E-state index in [1.165, 1.54) is 5.56 Å². The maximum atomic E-state index is 13.3. The molecule has 0 radical (unpaired) electrons. The number of anilines is 1. The molecule has 1 aromatic heterocycles. The van der Waals surface area contributed by atoms with Crippen molar-refractivity contribution in [3.8, 4) is 22.4 Å².